The summed E-state index contributed by atoms with van der Waals surface area (Å²) in [4.78, 5) is 17.7. The van der Waals surface area contributed by atoms with Gasteiger partial charge in [-0.2, -0.15) is 5.10 Å². The van der Waals surface area contributed by atoms with Crippen LogP contribution in [-0.2, 0) is 6.54 Å². The fourth-order valence-corrected chi connectivity index (χ4v) is 3.78. The molecule has 2 aromatic heterocycles. The van der Waals surface area contributed by atoms with Crippen molar-refractivity contribution in [2.45, 2.75) is 31.9 Å². The Kier molecular flexibility index (Phi) is 4.78. The van der Waals surface area contributed by atoms with Gasteiger partial charge in [-0.15, -0.1) is 0 Å². The molecule has 0 bridgehead atoms. The number of nitrogens with zero attached hydrogens (tertiary/aromatic N) is 7. The molecular weight excluding hydrogens is 354 g/mol. The van der Waals surface area contributed by atoms with Crippen LogP contribution in [0.3, 0.4) is 0 Å². The first-order chi connectivity index (χ1) is 13.8. The summed E-state index contributed by atoms with van der Waals surface area (Å²) in [6, 6.07) is 6.43. The predicted molar refractivity (Wildman–Crippen MR) is 106 cm³/mol. The van der Waals surface area contributed by atoms with Crippen LogP contribution < -0.4 is 9.64 Å². The zero-order valence-electron chi connectivity index (χ0n) is 15.9. The van der Waals surface area contributed by atoms with Crippen LogP contribution in [0.15, 0.2) is 37.2 Å². The van der Waals surface area contributed by atoms with Crippen LogP contribution in [0.2, 0.25) is 0 Å². The molecule has 3 aromatic rings. The second-order valence-electron chi connectivity index (χ2n) is 7.54. The minimum Gasteiger partial charge on any atom is -0.474 e. The van der Waals surface area contributed by atoms with Gasteiger partial charge in [-0.3, -0.25) is 9.58 Å². The quantitative estimate of drug-likeness (QED) is 0.648. The summed E-state index contributed by atoms with van der Waals surface area (Å²) < 4.78 is 7.99. The minimum atomic E-state index is 0.315. The molecule has 8 heteroatoms. The molecule has 0 radical (unpaired) electrons. The van der Waals surface area contributed by atoms with Gasteiger partial charge in [0.15, 0.2) is 0 Å². The van der Waals surface area contributed by atoms with Crippen molar-refractivity contribution < 1.29 is 4.74 Å². The Morgan fingerprint density at radius 1 is 1.00 bits per heavy atom. The van der Waals surface area contributed by atoms with E-state index in [0.717, 1.165) is 68.9 Å². The van der Waals surface area contributed by atoms with E-state index in [1.54, 1.807) is 19.0 Å². The third kappa shape index (κ3) is 3.64. The van der Waals surface area contributed by atoms with E-state index in [0.29, 0.717) is 6.10 Å². The number of ether oxygens (including phenoxy) is 1. The van der Waals surface area contributed by atoms with Gasteiger partial charge in [0.1, 0.15) is 25.1 Å². The molecule has 2 aliphatic rings. The molecule has 0 N–H and O–H groups in total. The number of piperazine rings is 1. The van der Waals surface area contributed by atoms with Crippen molar-refractivity contribution in [2.75, 3.05) is 37.6 Å². The standard InChI is InChI=1S/C20H25N7O/c1-2-17(3-1)28-20-18-12-16(4-5-19(18)22-14-23-20)26-9-6-25(7-10-26)8-11-27-15-21-13-24-27/h4-5,12-15,17H,1-3,6-11H2. The molecule has 1 aliphatic heterocycles. The molecule has 0 atom stereocenters. The maximum Gasteiger partial charge on any atom is 0.224 e. The van der Waals surface area contributed by atoms with Crippen molar-refractivity contribution in [2.24, 2.45) is 0 Å². The van der Waals surface area contributed by atoms with E-state index in [2.05, 4.69) is 48.0 Å². The van der Waals surface area contributed by atoms with Crippen LogP contribution >= 0.6 is 0 Å². The number of hydrogen-bond donors (Lipinski definition) is 0. The molecule has 5 rings (SSSR count). The van der Waals surface area contributed by atoms with Crippen molar-refractivity contribution in [3.05, 3.63) is 37.2 Å². The molecule has 0 spiro atoms. The maximum absolute atomic E-state index is 6.10. The number of anilines is 1. The van der Waals surface area contributed by atoms with E-state index in [1.165, 1.54) is 12.1 Å². The van der Waals surface area contributed by atoms with E-state index in [4.69, 9.17) is 4.74 Å². The van der Waals surface area contributed by atoms with Crippen molar-refractivity contribution >= 4 is 16.6 Å². The van der Waals surface area contributed by atoms with Gasteiger partial charge in [-0.1, -0.05) is 0 Å². The zero-order valence-corrected chi connectivity index (χ0v) is 15.9. The lowest BCUT2D eigenvalue weighted by atomic mass is 9.96. The largest absolute Gasteiger partial charge is 0.474 e. The molecule has 28 heavy (non-hydrogen) atoms. The van der Waals surface area contributed by atoms with Crippen molar-refractivity contribution in [1.82, 2.24) is 29.6 Å². The fourth-order valence-electron chi connectivity index (χ4n) is 3.78. The first kappa shape index (κ1) is 17.4. The summed E-state index contributed by atoms with van der Waals surface area (Å²) >= 11 is 0. The summed E-state index contributed by atoms with van der Waals surface area (Å²) in [5.74, 6) is 0.725. The Hall–Kier alpha value is -2.74. The smallest absolute Gasteiger partial charge is 0.224 e. The molecule has 0 amide bonds. The van der Waals surface area contributed by atoms with Crippen LogP contribution in [-0.4, -0.2) is 68.5 Å². The fraction of sp³-hybridized carbons (Fsp3) is 0.500. The lowest BCUT2D eigenvalue weighted by Gasteiger charge is -2.36. The van der Waals surface area contributed by atoms with E-state index in [-0.39, 0.29) is 0 Å². The van der Waals surface area contributed by atoms with Crippen LogP contribution in [0, 0.1) is 0 Å². The lowest BCUT2D eigenvalue weighted by Crippen LogP contribution is -2.47. The highest BCUT2D eigenvalue weighted by atomic mass is 16.5. The van der Waals surface area contributed by atoms with Gasteiger partial charge in [-0.25, -0.2) is 15.0 Å². The highest BCUT2D eigenvalue weighted by molar-refractivity contribution is 5.86. The molecule has 0 unspecified atom stereocenters. The van der Waals surface area contributed by atoms with E-state index in [1.807, 2.05) is 4.68 Å². The zero-order chi connectivity index (χ0) is 18.8. The molecule has 1 saturated carbocycles. The van der Waals surface area contributed by atoms with E-state index < -0.39 is 0 Å². The summed E-state index contributed by atoms with van der Waals surface area (Å²) in [7, 11) is 0. The second kappa shape index (κ2) is 7.71. The molecule has 2 fully saturated rings. The number of benzene rings is 1. The molecular formula is C20H25N7O. The first-order valence-electron chi connectivity index (χ1n) is 10.1. The van der Waals surface area contributed by atoms with Gasteiger partial charge in [0.2, 0.25) is 5.88 Å². The predicted octanol–water partition coefficient (Wildman–Crippen LogP) is 1.97. The Balaban J connectivity index is 1.25. The Morgan fingerprint density at radius 3 is 2.64 bits per heavy atom. The average Bonchev–Trinajstić information content (AvgIpc) is 3.23. The Morgan fingerprint density at radius 2 is 1.89 bits per heavy atom. The third-order valence-corrected chi connectivity index (χ3v) is 5.76. The van der Waals surface area contributed by atoms with Gasteiger partial charge in [-0.05, 0) is 37.5 Å². The molecule has 1 aromatic carbocycles. The SMILES string of the molecule is c1nc(OC2CCC2)c2cc(N3CCN(CCn4cncn4)CC3)ccc2n1. The van der Waals surface area contributed by atoms with E-state index in [9.17, 15) is 0 Å². The first-order valence-corrected chi connectivity index (χ1v) is 10.1. The maximum atomic E-state index is 6.10. The van der Waals surface area contributed by atoms with Gasteiger partial charge >= 0.3 is 0 Å². The van der Waals surface area contributed by atoms with Gasteiger partial charge in [0.25, 0.3) is 0 Å². The topological polar surface area (TPSA) is 72.2 Å². The summed E-state index contributed by atoms with van der Waals surface area (Å²) in [5, 5.41) is 5.19. The lowest BCUT2D eigenvalue weighted by molar-refractivity contribution is 0.116. The molecule has 146 valence electrons. The van der Waals surface area contributed by atoms with Crippen molar-refractivity contribution in [1.29, 1.82) is 0 Å². The highest BCUT2D eigenvalue weighted by Gasteiger charge is 2.22. The average molecular weight is 379 g/mol. The monoisotopic (exact) mass is 379 g/mol. The summed E-state index contributed by atoms with van der Waals surface area (Å²) in [6.07, 6.45) is 8.78. The normalized spacial score (nSPS) is 18.4. The van der Waals surface area contributed by atoms with Crippen LogP contribution in [0.4, 0.5) is 5.69 Å². The molecule has 8 nitrogen and oxygen atoms in total. The summed E-state index contributed by atoms with van der Waals surface area (Å²) in [5.41, 5.74) is 2.16. The van der Waals surface area contributed by atoms with Crippen LogP contribution in [0.5, 0.6) is 5.88 Å². The van der Waals surface area contributed by atoms with Crippen molar-refractivity contribution in [3.8, 4) is 5.88 Å². The Labute approximate surface area is 164 Å². The Bertz CT molecular complexity index is 917. The number of aromatic nitrogens is 5. The molecule has 1 saturated heterocycles. The van der Waals surface area contributed by atoms with Crippen LogP contribution in [0.25, 0.3) is 10.9 Å². The van der Waals surface area contributed by atoms with Gasteiger partial charge < -0.3 is 9.64 Å². The van der Waals surface area contributed by atoms with Gasteiger partial charge in [0, 0.05) is 38.4 Å². The van der Waals surface area contributed by atoms with Crippen molar-refractivity contribution in [3.63, 3.8) is 0 Å². The molecule has 1 aliphatic carbocycles. The van der Waals surface area contributed by atoms with E-state index >= 15 is 0 Å². The number of rotatable bonds is 6. The third-order valence-electron chi connectivity index (χ3n) is 5.76. The minimum absolute atomic E-state index is 0.315. The van der Waals surface area contributed by atoms with Crippen LogP contribution in [0.1, 0.15) is 19.3 Å². The number of fused-ring (bicyclic) bond motifs is 1. The summed E-state index contributed by atoms with van der Waals surface area (Å²) in [6.45, 7) is 6.00. The van der Waals surface area contributed by atoms with Gasteiger partial charge in [0.05, 0.1) is 17.4 Å². The molecule has 3 heterocycles. The number of hydrogen-bond acceptors (Lipinski definition) is 7. The highest BCUT2D eigenvalue weighted by Crippen LogP contribution is 2.31. The second-order valence-corrected chi connectivity index (χ2v) is 7.54.